The zero-order valence-corrected chi connectivity index (χ0v) is 64.5. The summed E-state index contributed by atoms with van der Waals surface area (Å²) in [5.74, 6) is -2.17. The summed E-state index contributed by atoms with van der Waals surface area (Å²) in [6.07, 6.45) is 69.4. The highest BCUT2D eigenvalue weighted by Crippen LogP contribution is 2.45. The third kappa shape index (κ3) is 71.4. The number of aliphatic hydroxyl groups excluding tert-OH is 1. The minimum Gasteiger partial charge on any atom is -0.462 e. The van der Waals surface area contributed by atoms with E-state index in [0.29, 0.717) is 25.7 Å². The summed E-state index contributed by atoms with van der Waals surface area (Å²) in [6, 6.07) is 0. The molecular weight excluding hydrogens is 1280 g/mol. The van der Waals surface area contributed by atoms with Crippen LogP contribution >= 0.6 is 15.6 Å². The predicted octanol–water partition coefficient (Wildman–Crippen LogP) is 22.9. The lowest BCUT2D eigenvalue weighted by Gasteiger charge is -2.21. The number of aliphatic hydroxyl groups is 1. The van der Waals surface area contributed by atoms with Crippen LogP contribution in [0, 0.1) is 0 Å². The smallest absolute Gasteiger partial charge is 0.462 e. The van der Waals surface area contributed by atoms with Gasteiger partial charge in [-0.3, -0.25) is 37.3 Å². The van der Waals surface area contributed by atoms with E-state index in [9.17, 15) is 43.2 Å². The molecule has 19 heteroatoms. The van der Waals surface area contributed by atoms with Crippen molar-refractivity contribution in [2.45, 2.75) is 393 Å². The largest absolute Gasteiger partial charge is 0.472 e. The Morgan fingerprint density at radius 3 is 0.745 bits per heavy atom. The molecule has 0 aliphatic rings. The van der Waals surface area contributed by atoms with Crippen LogP contribution < -0.4 is 0 Å². The number of phosphoric acid groups is 2. The van der Waals surface area contributed by atoms with Crippen molar-refractivity contribution in [3.8, 4) is 0 Å². The fraction of sp³-hybridized carbons (Fsp3) is 0.848. The number of carbonyl (C=O) groups excluding carboxylic acids is 4. The van der Waals surface area contributed by atoms with Gasteiger partial charge in [0.25, 0.3) is 0 Å². The van der Waals surface area contributed by atoms with E-state index in [4.69, 9.17) is 37.0 Å². The van der Waals surface area contributed by atoms with Crippen LogP contribution in [-0.4, -0.2) is 96.7 Å². The zero-order valence-electron chi connectivity index (χ0n) is 62.7. The van der Waals surface area contributed by atoms with Gasteiger partial charge in [-0.1, -0.05) is 320 Å². The number of hydrogen-bond donors (Lipinski definition) is 3. The fourth-order valence-electron chi connectivity index (χ4n) is 11.2. The van der Waals surface area contributed by atoms with Crippen LogP contribution in [0.2, 0.25) is 0 Å². The quantitative estimate of drug-likeness (QED) is 0.0169. The van der Waals surface area contributed by atoms with Gasteiger partial charge in [0.2, 0.25) is 0 Å². The molecule has 2 unspecified atom stereocenters. The first-order valence-electron chi connectivity index (χ1n) is 39.9. The Morgan fingerprint density at radius 2 is 0.490 bits per heavy atom. The highest BCUT2D eigenvalue weighted by atomic mass is 31.2. The van der Waals surface area contributed by atoms with Crippen molar-refractivity contribution in [2.24, 2.45) is 0 Å². The number of esters is 4. The van der Waals surface area contributed by atoms with Crippen LogP contribution in [0.1, 0.15) is 374 Å². The number of unbranched alkanes of at least 4 members (excludes halogenated alkanes) is 44. The second-order valence-electron chi connectivity index (χ2n) is 27.1. The summed E-state index contributed by atoms with van der Waals surface area (Å²) < 4.78 is 68.5. The molecule has 0 amide bonds. The average molecular weight is 1430 g/mol. The lowest BCUT2D eigenvalue weighted by molar-refractivity contribution is -0.161. The maximum absolute atomic E-state index is 13.1. The lowest BCUT2D eigenvalue weighted by Crippen LogP contribution is -2.30. The van der Waals surface area contributed by atoms with Crippen molar-refractivity contribution in [1.29, 1.82) is 0 Å². The van der Waals surface area contributed by atoms with Gasteiger partial charge in [-0.05, 0) is 77.0 Å². The monoisotopic (exact) mass is 1430 g/mol. The molecule has 0 bridgehead atoms. The Bertz CT molecular complexity index is 2050. The maximum atomic E-state index is 13.1. The highest BCUT2D eigenvalue weighted by Gasteiger charge is 2.30. The van der Waals surface area contributed by atoms with Crippen molar-refractivity contribution >= 4 is 39.5 Å². The Hall–Kier alpha value is -2.98. The van der Waals surface area contributed by atoms with E-state index in [1.165, 1.54) is 173 Å². The highest BCUT2D eigenvalue weighted by molar-refractivity contribution is 7.47. The topological polar surface area (TPSA) is 237 Å². The molecule has 98 heavy (non-hydrogen) atoms. The van der Waals surface area contributed by atoms with Crippen LogP contribution in [0.15, 0.2) is 48.6 Å². The number of hydrogen-bond acceptors (Lipinski definition) is 15. The van der Waals surface area contributed by atoms with E-state index < -0.39 is 97.5 Å². The number of allylic oxidation sites excluding steroid dienone is 8. The Labute approximate surface area is 597 Å². The first kappa shape index (κ1) is 95.0. The van der Waals surface area contributed by atoms with Crippen molar-refractivity contribution in [1.82, 2.24) is 0 Å². The minimum absolute atomic E-state index is 0.0834. The van der Waals surface area contributed by atoms with Crippen LogP contribution in [0.3, 0.4) is 0 Å². The molecule has 0 spiro atoms. The van der Waals surface area contributed by atoms with Crippen LogP contribution in [0.25, 0.3) is 0 Å². The standard InChI is InChI=1S/C79H146O17P2/c1-5-9-13-17-21-25-29-32-35-36-39-42-46-50-54-58-62-66-79(84)96-75(70-90-77(82)64-60-56-52-48-44-40-37-33-30-26-22-18-14-10-6-2)72-94-98(87,88)92-68-73(80)67-91-97(85,86)93-71-74(69-89-76(81)63-59-55-51-47-43-28-24-20-16-12-8-4)95-78(83)65-61-57-53-49-45-41-38-34-31-27-23-19-15-11-7-3/h26-27,30-31,33-34,37-38,73-75,80H,5-25,28-29,32,35-36,39-72H2,1-4H3,(H,85,86)(H,87,88)/b30-26-,31-27-,37-33-,38-34-/t73-,74+,75+/m0/s1. The van der Waals surface area contributed by atoms with Gasteiger partial charge in [0, 0.05) is 25.7 Å². The molecule has 0 rings (SSSR count). The van der Waals surface area contributed by atoms with Gasteiger partial charge in [-0.15, -0.1) is 0 Å². The molecule has 0 radical (unpaired) electrons. The molecule has 0 saturated heterocycles. The fourth-order valence-corrected chi connectivity index (χ4v) is 12.8. The molecule has 0 aliphatic heterocycles. The van der Waals surface area contributed by atoms with Gasteiger partial charge in [-0.25, -0.2) is 9.13 Å². The number of carbonyl (C=O) groups is 4. The van der Waals surface area contributed by atoms with Crippen molar-refractivity contribution in [3.05, 3.63) is 48.6 Å². The Morgan fingerprint density at radius 1 is 0.286 bits per heavy atom. The summed E-state index contributed by atoms with van der Waals surface area (Å²) in [5, 5.41) is 10.6. The van der Waals surface area contributed by atoms with Gasteiger partial charge >= 0.3 is 39.5 Å². The van der Waals surface area contributed by atoms with E-state index in [0.717, 1.165) is 122 Å². The first-order valence-corrected chi connectivity index (χ1v) is 42.9. The summed E-state index contributed by atoms with van der Waals surface area (Å²) in [7, 11) is -9.94. The molecular formula is C79H146O17P2. The number of ether oxygens (including phenoxy) is 4. The molecule has 0 saturated carbocycles. The Balaban J connectivity index is 5.32. The van der Waals surface area contributed by atoms with Gasteiger partial charge in [0.05, 0.1) is 26.4 Å². The van der Waals surface area contributed by atoms with Crippen LogP contribution in [0.4, 0.5) is 0 Å². The molecule has 0 aromatic carbocycles. The van der Waals surface area contributed by atoms with E-state index in [1.807, 2.05) is 0 Å². The molecule has 574 valence electrons. The first-order chi connectivity index (χ1) is 47.7. The van der Waals surface area contributed by atoms with Gasteiger partial charge in [0.1, 0.15) is 19.3 Å². The summed E-state index contributed by atoms with van der Waals surface area (Å²) >= 11 is 0. The van der Waals surface area contributed by atoms with E-state index in [-0.39, 0.29) is 25.7 Å². The summed E-state index contributed by atoms with van der Waals surface area (Å²) in [6.45, 7) is 4.88. The predicted molar refractivity (Wildman–Crippen MR) is 400 cm³/mol. The van der Waals surface area contributed by atoms with Gasteiger partial charge in [-0.2, -0.15) is 0 Å². The Kier molecular flexibility index (Phi) is 70.2. The molecule has 0 aliphatic carbocycles. The molecule has 3 N–H and O–H groups in total. The van der Waals surface area contributed by atoms with Crippen LogP contribution in [0.5, 0.6) is 0 Å². The average Bonchev–Trinajstić information content (AvgIpc) is 0.996. The summed E-state index contributed by atoms with van der Waals surface area (Å²) in [5.41, 5.74) is 0. The third-order valence-electron chi connectivity index (χ3n) is 17.4. The molecule has 0 heterocycles. The number of phosphoric ester groups is 2. The van der Waals surface area contributed by atoms with Crippen molar-refractivity contribution in [2.75, 3.05) is 39.6 Å². The zero-order chi connectivity index (χ0) is 71.8. The molecule has 0 aromatic heterocycles. The molecule has 17 nitrogen and oxygen atoms in total. The number of rotatable bonds is 76. The van der Waals surface area contributed by atoms with E-state index in [2.05, 4.69) is 76.3 Å². The second kappa shape index (κ2) is 72.4. The van der Waals surface area contributed by atoms with Crippen molar-refractivity contribution < 1.29 is 80.2 Å². The minimum atomic E-state index is -4.97. The molecule has 0 fully saturated rings. The molecule has 0 aromatic rings. The van der Waals surface area contributed by atoms with E-state index >= 15 is 0 Å². The van der Waals surface area contributed by atoms with Gasteiger partial charge in [0.15, 0.2) is 12.2 Å². The second-order valence-corrected chi connectivity index (χ2v) is 30.0. The SMILES string of the molecule is CCCCCC/C=C\C=C/CCCCCCCC(=O)OC[C@H](COP(=O)(O)OC[C@@H](O)COP(=O)(O)OC[C@@H](COC(=O)CCCCCCCCCCCCC)OC(=O)CCCCCCC/C=C\C=C/CCCCCC)OC(=O)CCCCCCCCCCCCCCCCCCC. The lowest BCUT2D eigenvalue weighted by atomic mass is 10.0. The maximum Gasteiger partial charge on any atom is 0.472 e. The normalized spacial score (nSPS) is 14.2. The van der Waals surface area contributed by atoms with E-state index in [1.54, 1.807) is 0 Å². The summed E-state index contributed by atoms with van der Waals surface area (Å²) in [4.78, 5) is 72.9. The third-order valence-corrected chi connectivity index (χ3v) is 19.3. The van der Waals surface area contributed by atoms with Gasteiger partial charge < -0.3 is 33.8 Å². The van der Waals surface area contributed by atoms with Crippen LogP contribution in [-0.2, 0) is 65.4 Å². The van der Waals surface area contributed by atoms with Crippen molar-refractivity contribution in [3.63, 3.8) is 0 Å². The molecule has 5 atom stereocenters.